The van der Waals surface area contributed by atoms with E-state index >= 15 is 0 Å². The molecule has 2 saturated heterocycles. The van der Waals surface area contributed by atoms with Gasteiger partial charge in [-0.15, -0.1) is 0 Å². The number of hydrogen-bond donors (Lipinski definition) is 2. The van der Waals surface area contributed by atoms with Crippen molar-refractivity contribution in [1.82, 2.24) is 15.5 Å². The fraction of sp³-hybridized carbons (Fsp3) is 0.929. The quantitative estimate of drug-likeness (QED) is 0.573. The third-order valence-electron chi connectivity index (χ3n) is 4.22. The van der Waals surface area contributed by atoms with Gasteiger partial charge in [0, 0.05) is 26.2 Å². The summed E-state index contributed by atoms with van der Waals surface area (Å²) in [6.45, 7) is 4.24. The van der Waals surface area contributed by atoms with Crippen LogP contribution in [0.25, 0.3) is 0 Å². The van der Waals surface area contributed by atoms with E-state index in [0.29, 0.717) is 12.4 Å². The van der Waals surface area contributed by atoms with Gasteiger partial charge in [-0.2, -0.15) is 0 Å². The molecule has 1 atom stereocenters. The molecule has 21 heavy (non-hydrogen) atoms. The summed E-state index contributed by atoms with van der Waals surface area (Å²) >= 11 is 0. The van der Waals surface area contributed by atoms with Crippen molar-refractivity contribution in [2.75, 3.05) is 44.7 Å². The number of rotatable bonds is 4. The lowest BCUT2D eigenvalue weighted by Crippen LogP contribution is -2.46. The number of hydrogen-bond acceptors (Lipinski definition) is 4. The molecule has 0 aromatic rings. The Morgan fingerprint density at radius 3 is 2.52 bits per heavy atom. The lowest BCUT2D eigenvalue weighted by atomic mass is 10.2. The second-order valence-electron chi connectivity index (χ2n) is 6.00. The highest BCUT2D eigenvalue weighted by atomic mass is 32.2. The van der Waals surface area contributed by atoms with Gasteiger partial charge in [-0.1, -0.05) is 12.8 Å². The van der Waals surface area contributed by atoms with E-state index in [1.165, 1.54) is 38.8 Å². The molecule has 0 radical (unpaired) electrons. The highest BCUT2D eigenvalue weighted by Gasteiger charge is 2.28. The van der Waals surface area contributed by atoms with Crippen molar-refractivity contribution in [2.45, 2.75) is 38.1 Å². The SMILES string of the molecule is CN=C(NCCN1CCCCCC1)NC1CCS(=O)(=O)C1. The second kappa shape index (κ2) is 7.98. The number of likely N-dealkylation sites (tertiary alicyclic amines) is 1. The van der Waals surface area contributed by atoms with Gasteiger partial charge in [-0.3, -0.25) is 4.99 Å². The molecule has 0 bridgehead atoms. The molecule has 0 amide bonds. The Morgan fingerprint density at radius 2 is 1.95 bits per heavy atom. The number of sulfone groups is 1. The molecule has 1 unspecified atom stereocenters. The first kappa shape index (κ1) is 16.5. The van der Waals surface area contributed by atoms with Crippen molar-refractivity contribution in [1.29, 1.82) is 0 Å². The minimum atomic E-state index is -2.84. The maximum atomic E-state index is 11.5. The lowest BCUT2D eigenvalue weighted by Gasteiger charge is -2.21. The molecule has 7 heteroatoms. The van der Waals surface area contributed by atoms with Crippen molar-refractivity contribution < 1.29 is 8.42 Å². The monoisotopic (exact) mass is 316 g/mol. The van der Waals surface area contributed by atoms with E-state index in [1.54, 1.807) is 7.05 Å². The molecule has 2 aliphatic rings. The Morgan fingerprint density at radius 1 is 1.24 bits per heavy atom. The summed E-state index contributed by atoms with van der Waals surface area (Å²) in [5, 5.41) is 6.51. The molecule has 122 valence electrons. The topological polar surface area (TPSA) is 73.8 Å². The summed E-state index contributed by atoms with van der Waals surface area (Å²) < 4.78 is 22.9. The van der Waals surface area contributed by atoms with E-state index in [0.717, 1.165) is 13.1 Å². The standard InChI is InChI=1S/C14H28N4O2S/c1-15-14(17-13-6-11-21(19,20)12-13)16-7-10-18-8-4-2-3-5-9-18/h13H,2-12H2,1H3,(H2,15,16,17). The van der Waals surface area contributed by atoms with Crippen LogP contribution in [-0.2, 0) is 9.84 Å². The molecule has 0 aromatic carbocycles. The van der Waals surface area contributed by atoms with Crippen molar-refractivity contribution >= 4 is 15.8 Å². The average molecular weight is 316 g/mol. The Balaban J connectivity index is 1.68. The fourth-order valence-electron chi connectivity index (χ4n) is 2.99. The predicted octanol–water partition coefficient (Wildman–Crippen LogP) is 0.215. The van der Waals surface area contributed by atoms with Gasteiger partial charge >= 0.3 is 0 Å². The zero-order valence-electron chi connectivity index (χ0n) is 13.0. The smallest absolute Gasteiger partial charge is 0.191 e. The van der Waals surface area contributed by atoms with Gasteiger partial charge in [0.1, 0.15) is 0 Å². The second-order valence-corrected chi connectivity index (χ2v) is 8.23. The third-order valence-corrected chi connectivity index (χ3v) is 5.98. The Kier molecular flexibility index (Phi) is 6.29. The summed E-state index contributed by atoms with van der Waals surface area (Å²) in [5.74, 6) is 1.22. The van der Waals surface area contributed by atoms with E-state index in [9.17, 15) is 8.42 Å². The normalized spacial score (nSPS) is 27.3. The van der Waals surface area contributed by atoms with Gasteiger partial charge in [-0.05, 0) is 32.4 Å². The first-order valence-corrected chi connectivity index (χ1v) is 9.81. The number of guanidine groups is 1. The van der Waals surface area contributed by atoms with Crippen LogP contribution < -0.4 is 10.6 Å². The molecule has 2 fully saturated rings. The van der Waals surface area contributed by atoms with Crippen LogP contribution in [-0.4, -0.2) is 70.1 Å². The molecule has 0 saturated carbocycles. The van der Waals surface area contributed by atoms with Crippen LogP contribution in [0.5, 0.6) is 0 Å². The molecule has 0 spiro atoms. The zero-order valence-corrected chi connectivity index (χ0v) is 13.8. The van der Waals surface area contributed by atoms with E-state index < -0.39 is 9.84 Å². The van der Waals surface area contributed by atoms with Gasteiger partial charge in [0.05, 0.1) is 11.5 Å². The first-order valence-electron chi connectivity index (χ1n) is 7.99. The zero-order chi connectivity index (χ0) is 15.1. The summed E-state index contributed by atoms with van der Waals surface area (Å²) in [6.07, 6.45) is 5.97. The van der Waals surface area contributed by atoms with Crippen LogP contribution in [0.1, 0.15) is 32.1 Å². The summed E-state index contributed by atoms with van der Waals surface area (Å²) in [4.78, 5) is 6.67. The lowest BCUT2D eigenvalue weighted by molar-refractivity contribution is 0.289. The molecule has 2 heterocycles. The third kappa shape index (κ3) is 5.82. The largest absolute Gasteiger partial charge is 0.355 e. The molecule has 2 rings (SSSR count). The Bertz CT molecular complexity index is 442. The maximum absolute atomic E-state index is 11.5. The summed E-state index contributed by atoms with van der Waals surface area (Å²) in [7, 11) is -1.12. The van der Waals surface area contributed by atoms with Crippen LogP contribution in [0.4, 0.5) is 0 Å². The number of nitrogens with one attached hydrogen (secondary N) is 2. The Labute approximate surface area is 128 Å². The van der Waals surface area contributed by atoms with Crippen molar-refractivity contribution in [3.05, 3.63) is 0 Å². The molecule has 2 N–H and O–H groups in total. The van der Waals surface area contributed by atoms with Crippen molar-refractivity contribution in [3.8, 4) is 0 Å². The fourth-order valence-corrected chi connectivity index (χ4v) is 4.66. The van der Waals surface area contributed by atoms with Crippen molar-refractivity contribution in [2.24, 2.45) is 4.99 Å². The first-order chi connectivity index (χ1) is 10.1. The van der Waals surface area contributed by atoms with Crippen LogP contribution in [0, 0.1) is 0 Å². The van der Waals surface area contributed by atoms with E-state index in [1.807, 2.05) is 0 Å². The minimum Gasteiger partial charge on any atom is -0.355 e. The molecule has 0 aliphatic carbocycles. The van der Waals surface area contributed by atoms with E-state index in [2.05, 4.69) is 20.5 Å². The number of aliphatic imine (C=N–C) groups is 1. The average Bonchev–Trinajstić information content (AvgIpc) is 2.66. The molecule has 0 aromatic heterocycles. The number of nitrogens with zero attached hydrogens (tertiary/aromatic N) is 2. The summed E-state index contributed by atoms with van der Waals surface area (Å²) in [5.41, 5.74) is 0. The van der Waals surface area contributed by atoms with Gasteiger partial charge in [0.15, 0.2) is 15.8 Å². The van der Waals surface area contributed by atoms with Gasteiger partial charge in [0.25, 0.3) is 0 Å². The van der Waals surface area contributed by atoms with E-state index in [4.69, 9.17) is 0 Å². The van der Waals surface area contributed by atoms with Gasteiger partial charge in [-0.25, -0.2) is 8.42 Å². The van der Waals surface area contributed by atoms with Gasteiger partial charge < -0.3 is 15.5 Å². The molecule has 2 aliphatic heterocycles. The van der Waals surface area contributed by atoms with Gasteiger partial charge in [0.2, 0.25) is 0 Å². The van der Waals surface area contributed by atoms with Crippen LogP contribution in [0.3, 0.4) is 0 Å². The minimum absolute atomic E-state index is 0.000568. The Hall–Kier alpha value is -0.820. The molecular weight excluding hydrogens is 288 g/mol. The van der Waals surface area contributed by atoms with Crippen LogP contribution in [0.15, 0.2) is 4.99 Å². The summed E-state index contributed by atoms with van der Waals surface area (Å²) in [6, 6.07) is -0.000568. The molecule has 6 nitrogen and oxygen atoms in total. The van der Waals surface area contributed by atoms with E-state index in [-0.39, 0.29) is 17.5 Å². The van der Waals surface area contributed by atoms with Crippen molar-refractivity contribution in [3.63, 3.8) is 0 Å². The van der Waals surface area contributed by atoms with Crippen LogP contribution >= 0.6 is 0 Å². The maximum Gasteiger partial charge on any atom is 0.191 e. The highest BCUT2D eigenvalue weighted by molar-refractivity contribution is 7.91. The molecular formula is C14H28N4O2S. The predicted molar refractivity (Wildman–Crippen MR) is 86.5 cm³/mol. The highest BCUT2D eigenvalue weighted by Crippen LogP contribution is 2.11. The van der Waals surface area contributed by atoms with Crippen LogP contribution in [0.2, 0.25) is 0 Å².